The molecule has 3 heterocycles. The van der Waals surface area contributed by atoms with E-state index in [4.69, 9.17) is 34.8 Å². The van der Waals surface area contributed by atoms with Gasteiger partial charge in [-0.1, -0.05) is 38.8 Å². The van der Waals surface area contributed by atoms with Crippen LogP contribution in [-0.2, 0) is 54.1 Å². The molecule has 0 spiro atoms. The van der Waals surface area contributed by atoms with E-state index in [0.29, 0.717) is 13.0 Å². The highest BCUT2D eigenvalue weighted by atomic mass is 16.7. The van der Waals surface area contributed by atoms with Gasteiger partial charge in [-0.25, -0.2) is 14.3 Å². The fourth-order valence-electron chi connectivity index (χ4n) is 8.14. The number of carbonyl (C=O) groups excluding carboxylic acids is 5. The van der Waals surface area contributed by atoms with Gasteiger partial charge in [0.2, 0.25) is 0 Å². The molecule has 1 aromatic heterocycles. The van der Waals surface area contributed by atoms with Crippen molar-refractivity contribution in [2.45, 2.75) is 136 Å². The average molecular weight is 806 g/mol. The van der Waals surface area contributed by atoms with E-state index in [2.05, 4.69) is 15.8 Å². The van der Waals surface area contributed by atoms with Crippen LogP contribution in [0.15, 0.2) is 54.6 Å². The number of likely N-dealkylation sites (N-methyl/N-ethyl adjacent to an activating group) is 1. The monoisotopic (exact) mass is 805 g/mol. The molecule has 58 heavy (non-hydrogen) atoms. The number of imidazole rings is 1. The summed E-state index contributed by atoms with van der Waals surface area (Å²) >= 11 is 0. The van der Waals surface area contributed by atoms with Gasteiger partial charge in [0, 0.05) is 50.4 Å². The van der Waals surface area contributed by atoms with Gasteiger partial charge in [0.25, 0.3) is 0 Å². The number of hydrogen-bond donors (Lipinski definition) is 0. The third-order valence-electron chi connectivity index (χ3n) is 11.4. The zero-order valence-corrected chi connectivity index (χ0v) is 35.6. The van der Waals surface area contributed by atoms with Crippen LogP contribution in [0.3, 0.4) is 0 Å². The van der Waals surface area contributed by atoms with Crippen LogP contribution < -0.4 is 0 Å². The predicted molar refractivity (Wildman–Crippen MR) is 213 cm³/mol. The summed E-state index contributed by atoms with van der Waals surface area (Å²) in [5.74, 6) is -2.65. The topological polar surface area (TPSA) is 162 Å². The van der Waals surface area contributed by atoms with Crippen molar-refractivity contribution < 1.29 is 52.4 Å². The van der Waals surface area contributed by atoms with Crippen molar-refractivity contribution in [1.82, 2.24) is 14.5 Å². The summed E-state index contributed by atoms with van der Waals surface area (Å²) in [6, 6.07) is 7.23. The first kappa shape index (κ1) is 46.0. The second-order valence-electron chi connectivity index (χ2n) is 16.1. The van der Waals surface area contributed by atoms with Gasteiger partial charge in [-0.3, -0.25) is 24.1 Å². The summed E-state index contributed by atoms with van der Waals surface area (Å²) in [5.41, 5.74) is -0.956. The number of ether oxygens (including phenoxy) is 6. The molecule has 1 saturated heterocycles. The molecule has 0 bridgehead atoms. The Balaban J connectivity index is 1.76. The molecule has 4 rings (SSSR count). The number of aromatic nitrogens is 2. The quantitative estimate of drug-likeness (QED) is 0.132. The Hall–Kier alpha value is -4.68. The van der Waals surface area contributed by atoms with Gasteiger partial charge in [-0.15, -0.1) is 6.42 Å². The number of hydrogen-bond acceptors (Lipinski definition) is 13. The number of Topliss-reactive ketones (excluding diaryl/α,β-unsaturated/α-hetero) is 2. The van der Waals surface area contributed by atoms with Crippen LogP contribution in [0.4, 0.5) is 4.79 Å². The molecule has 14 nitrogen and oxygen atoms in total. The minimum atomic E-state index is -1.62. The van der Waals surface area contributed by atoms with Crippen LogP contribution >= 0.6 is 0 Å². The lowest BCUT2D eigenvalue weighted by atomic mass is 9.77. The van der Waals surface area contributed by atoms with E-state index in [1.165, 1.54) is 45.8 Å². The number of rotatable bonds is 9. The van der Waals surface area contributed by atoms with E-state index >= 15 is 0 Å². The second kappa shape index (κ2) is 19.4. The lowest BCUT2D eigenvalue weighted by molar-refractivity contribution is -0.298. The number of carbonyl (C=O) groups is 5. The maximum atomic E-state index is 14.5. The molecule has 0 radical (unpaired) electrons. The van der Waals surface area contributed by atoms with Crippen LogP contribution in [-0.4, -0.2) is 106 Å². The molecule has 0 N–H and O–H groups in total. The van der Waals surface area contributed by atoms with Crippen molar-refractivity contribution in [3.05, 3.63) is 65.8 Å². The standard InChI is InChI=1S/C44H59N3O11/c1-13-32-15-17-33(18-16-32)24-46(11)34-21-28(5)54-41(38(34)55-31(8)48)57-39-29(6)37(50)30(7)40(51)56-35(14-2)43(9,58-42(52)47-20-19-45-25-47)22-26(3)36(49)27(4)23-44(39,10)53-12/h1,15-20,22,25,27-30,34-35,38-39,41H,14,21,23-24H2,2-12H3/b26-22+/t27-,28-,29+,30-,34+,35-,38+,39-,41+,43+,44-/m1/s1. The summed E-state index contributed by atoms with van der Waals surface area (Å²) in [6.07, 6.45) is 6.38. The Morgan fingerprint density at radius 1 is 1.10 bits per heavy atom. The number of ketones is 2. The van der Waals surface area contributed by atoms with Crippen LogP contribution in [0.1, 0.15) is 92.7 Å². The van der Waals surface area contributed by atoms with Crippen molar-refractivity contribution >= 4 is 29.6 Å². The molecule has 316 valence electrons. The van der Waals surface area contributed by atoms with Gasteiger partial charge < -0.3 is 28.4 Å². The zero-order chi connectivity index (χ0) is 43.1. The third-order valence-corrected chi connectivity index (χ3v) is 11.4. The maximum absolute atomic E-state index is 14.5. The van der Waals surface area contributed by atoms with E-state index in [-0.39, 0.29) is 36.3 Å². The highest BCUT2D eigenvalue weighted by molar-refractivity contribution is 6.00. The molecule has 2 aliphatic heterocycles. The van der Waals surface area contributed by atoms with Gasteiger partial charge in [0.05, 0.1) is 23.9 Å². The second-order valence-corrected chi connectivity index (χ2v) is 16.1. The fraction of sp³-hybridized carbons (Fsp3) is 0.591. The van der Waals surface area contributed by atoms with Crippen molar-refractivity contribution in [3.63, 3.8) is 0 Å². The molecular formula is C44H59N3O11. The van der Waals surface area contributed by atoms with Crippen LogP contribution in [0, 0.1) is 30.1 Å². The van der Waals surface area contributed by atoms with E-state index in [1.807, 2.05) is 38.2 Å². The van der Waals surface area contributed by atoms with Crippen molar-refractivity contribution in [2.75, 3.05) is 14.2 Å². The summed E-state index contributed by atoms with van der Waals surface area (Å²) in [7, 11) is 3.38. The molecule has 0 amide bonds. The van der Waals surface area contributed by atoms with E-state index in [9.17, 15) is 24.0 Å². The first-order valence-electron chi connectivity index (χ1n) is 19.8. The molecule has 0 aliphatic carbocycles. The third kappa shape index (κ3) is 10.7. The van der Waals surface area contributed by atoms with E-state index < -0.39 is 77.4 Å². The molecule has 2 aliphatic rings. The van der Waals surface area contributed by atoms with Gasteiger partial charge >= 0.3 is 18.0 Å². The van der Waals surface area contributed by atoms with Gasteiger partial charge in [-0.05, 0) is 90.3 Å². The summed E-state index contributed by atoms with van der Waals surface area (Å²) in [6.45, 7) is 15.1. The number of benzene rings is 1. The highest BCUT2D eigenvalue weighted by Gasteiger charge is 2.51. The SMILES string of the molecule is C#Cc1ccc(CN(C)[C@H]2C[C@@H](C)O[C@@H](O[C@@H]3[C@@H](C)C(=O)[C@@H](C)C(=O)O[C@H](CC)[C@@](C)(OC(=O)n4ccnc4)/C=C(\C)C(=O)[C@H](C)C[C@@]3(C)OC)[C@H]2OC(C)=O)cc1. The average Bonchev–Trinajstić information content (AvgIpc) is 3.74. The normalized spacial score (nSPS) is 33.6. The van der Waals surface area contributed by atoms with Gasteiger partial charge in [0.1, 0.15) is 18.3 Å². The smallest absolute Gasteiger partial charge is 0.420 e. The molecular weight excluding hydrogens is 746 g/mol. The first-order chi connectivity index (χ1) is 27.3. The Morgan fingerprint density at radius 3 is 2.34 bits per heavy atom. The molecule has 11 atom stereocenters. The number of terminal acetylenes is 1. The van der Waals surface area contributed by atoms with Crippen molar-refractivity contribution in [1.29, 1.82) is 0 Å². The Morgan fingerprint density at radius 2 is 1.78 bits per heavy atom. The summed E-state index contributed by atoms with van der Waals surface area (Å²) in [5, 5.41) is 0. The molecule has 2 aromatic rings. The largest absolute Gasteiger partial charge is 0.457 e. The minimum Gasteiger partial charge on any atom is -0.457 e. The van der Waals surface area contributed by atoms with Crippen molar-refractivity contribution in [3.8, 4) is 12.3 Å². The molecule has 0 unspecified atom stereocenters. The van der Waals surface area contributed by atoms with E-state index in [1.54, 1.807) is 41.5 Å². The van der Waals surface area contributed by atoms with Gasteiger partial charge in [0.15, 0.2) is 29.6 Å². The predicted octanol–water partition coefficient (Wildman–Crippen LogP) is 5.68. The number of methoxy groups -OCH3 is 1. The molecule has 0 saturated carbocycles. The van der Waals surface area contributed by atoms with Gasteiger partial charge in [-0.2, -0.15) is 0 Å². The number of cyclic esters (lactones) is 1. The Kier molecular flexibility index (Phi) is 15.4. The number of nitrogens with zero attached hydrogens (tertiary/aromatic N) is 3. The first-order valence-corrected chi connectivity index (χ1v) is 19.8. The molecule has 1 fully saturated rings. The van der Waals surface area contributed by atoms with E-state index in [0.717, 1.165) is 15.7 Å². The van der Waals surface area contributed by atoms with Crippen LogP contribution in [0.2, 0.25) is 0 Å². The lowest BCUT2D eigenvalue weighted by Crippen LogP contribution is -2.60. The van der Waals surface area contributed by atoms with Crippen LogP contribution in [0.25, 0.3) is 0 Å². The minimum absolute atomic E-state index is 0.0643. The fourth-order valence-corrected chi connectivity index (χ4v) is 8.14. The summed E-state index contributed by atoms with van der Waals surface area (Å²) in [4.78, 5) is 74.4. The highest BCUT2D eigenvalue weighted by Crippen LogP contribution is 2.38. The van der Waals surface area contributed by atoms with Crippen LogP contribution in [0.5, 0.6) is 0 Å². The maximum Gasteiger partial charge on any atom is 0.420 e. The number of allylic oxidation sites excluding steroid dienone is 1. The lowest BCUT2D eigenvalue weighted by Gasteiger charge is -2.48. The summed E-state index contributed by atoms with van der Waals surface area (Å²) < 4.78 is 38.4. The zero-order valence-electron chi connectivity index (χ0n) is 35.6. The molecule has 1 aromatic carbocycles. The Bertz CT molecular complexity index is 1850. The number of esters is 2. The molecule has 14 heteroatoms. The van der Waals surface area contributed by atoms with Crippen molar-refractivity contribution in [2.24, 2.45) is 17.8 Å². The Labute approximate surface area is 341 Å².